The number of carbonyl (C=O) groups excluding carboxylic acids is 1. The van der Waals surface area contributed by atoms with Crippen molar-refractivity contribution in [3.8, 4) is 0 Å². The van der Waals surface area contributed by atoms with Crippen LogP contribution in [0.5, 0.6) is 0 Å². The number of amides is 1. The lowest BCUT2D eigenvalue weighted by molar-refractivity contribution is -0.126. The third kappa shape index (κ3) is 3.31. The largest absolute Gasteiger partial charge is 0.352 e. The van der Waals surface area contributed by atoms with Gasteiger partial charge in [0.05, 0.1) is 0 Å². The molecular weight excluding hydrogens is 202 g/mol. The summed E-state index contributed by atoms with van der Waals surface area (Å²) in [5.74, 6) is 0.00741. The van der Waals surface area contributed by atoms with Crippen molar-refractivity contribution in [1.29, 1.82) is 0 Å². The molecular formula is C12H19N3O. The highest BCUT2D eigenvalue weighted by atomic mass is 16.2. The summed E-state index contributed by atoms with van der Waals surface area (Å²) in [7, 11) is 3.77. The monoisotopic (exact) mass is 221 g/mol. The van der Waals surface area contributed by atoms with Gasteiger partial charge in [-0.1, -0.05) is 6.07 Å². The molecule has 4 nitrogen and oxygen atoms in total. The normalized spacial score (nSPS) is 12.9. The molecule has 0 aliphatic carbocycles. The van der Waals surface area contributed by atoms with Gasteiger partial charge in [0.1, 0.15) is 6.04 Å². The van der Waals surface area contributed by atoms with Crippen molar-refractivity contribution < 1.29 is 4.79 Å². The highest BCUT2D eigenvalue weighted by molar-refractivity contribution is 5.83. The smallest absolute Gasteiger partial charge is 0.242 e. The van der Waals surface area contributed by atoms with Gasteiger partial charge in [0, 0.05) is 18.4 Å². The van der Waals surface area contributed by atoms with E-state index in [9.17, 15) is 4.79 Å². The highest BCUT2D eigenvalue weighted by Gasteiger charge is 2.23. The Bertz CT molecular complexity index is 335. The Hall–Kier alpha value is -1.42. The summed E-state index contributed by atoms with van der Waals surface area (Å²) >= 11 is 0. The van der Waals surface area contributed by atoms with Crippen LogP contribution in [0.4, 0.5) is 0 Å². The van der Waals surface area contributed by atoms with Gasteiger partial charge in [-0.05, 0) is 39.6 Å². The molecule has 0 saturated heterocycles. The molecule has 1 rings (SSSR count). The summed E-state index contributed by atoms with van der Waals surface area (Å²) in [4.78, 5) is 17.9. The van der Waals surface area contributed by atoms with Crippen molar-refractivity contribution >= 4 is 5.91 Å². The number of hydrogen-bond acceptors (Lipinski definition) is 3. The van der Waals surface area contributed by atoms with Gasteiger partial charge < -0.3 is 5.32 Å². The molecule has 0 spiro atoms. The van der Waals surface area contributed by atoms with E-state index in [0.717, 1.165) is 5.56 Å². The molecule has 0 aliphatic rings. The summed E-state index contributed by atoms with van der Waals surface area (Å²) in [6.45, 7) is 3.90. The molecule has 0 bridgehead atoms. The van der Waals surface area contributed by atoms with Gasteiger partial charge in [0.2, 0.25) is 5.91 Å². The topological polar surface area (TPSA) is 45.2 Å². The van der Waals surface area contributed by atoms with E-state index in [4.69, 9.17) is 0 Å². The van der Waals surface area contributed by atoms with E-state index in [0.29, 0.717) is 0 Å². The zero-order valence-electron chi connectivity index (χ0n) is 10.3. The Morgan fingerprint density at radius 1 is 1.44 bits per heavy atom. The Kier molecular flexibility index (Phi) is 4.43. The summed E-state index contributed by atoms with van der Waals surface area (Å²) in [6.07, 6.45) is 3.43. The Labute approximate surface area is 96.7 Å². The van der Waals surface area contributed by atoms with Gasteiger partial charge in [-0.25, -0.2) is 0 Å². The highest BCUT2D eigenvalue weighted by Crippen LogP contribution is 2.17. The number of likely N-dealkylation sites (N-methyl/N-ethyl adjacent to an activating group) is 1. The lowest BCUT2D eigenvalue weighted by Gasteiger charge is -2.24. The van der Waals surface area contributed by atoms with E-state index in [1.54, 1.807) is 12.4 Å². The van der Waals surface area contributed by atoms with Gasteiger partial charge in [-0.15, -0.1) is 0 Å². The van der Waals surface area contributed by atoms with Gasteiger partial charge in [0.25, 0.3) is 0 Å². The number of carbonyl (C=O) groups is 1. The van der Waals surface area contributed by atoms with Gasteiger partial charge >= 0.3 is 0 Å². The van der Waals surface area contributed by atoms with Gasteiger partial charge in [-0.3, -0.25) is 14.7 Å². The van der Waals surface area contributed by atoms with Crippen LogP contribution in [-0.2, 0) is 4.79 Å². The van der Waals surface area contributed by atoms with Crippen molar-refractivity contribution in [2.45, 2.75) is 25.9 Å². The summed E-state index contributed by atoms with van der Waals surface area (Å²) in [5, 5.41) is 2.91. The molecule has 1 amide bonds. The van der Waals surface area contributed by atoms with Crippen molar-refractivity contribution in [2.75, 3.05) is 14.1 Å². The van der Waals surface area contributed by atoms with E-state index in [1.165, 1.54) is 0 Å². The standard InChI is InChI=1S/C12H19N3O/c1-9(2)14-12(16)11(15(3)4)10-6-5-7-13-8-10/h5-9,11H,1-4H3,(H,14,16). The van der Waals surface area contributed by atoms with Crippen LogP contribution < -0.4 is 5.32 Å². The van der Waals surface area contributed by atoms with E-state index in [2.05, 4.69) is 10.3 Å². The average molecular weight is 221 g/mol. The van der Waals surface area contributed by atoms with Gasteiger partial charge in [0.15, 0.2) is 0 Å². The van der Waals surface area contributed by atoms with Gasteiger partial charge in [-0.2, -0.15) is 0 Å². The van der Waals surface area contributed by atoms with Crippen LogP contribution in [0.3, 0.4) is 0 Å². The predicted octanol–water partition coefficient (Wildman–Crippen LogP) is 1.21. The average Bonchev–Trinajstić information content (AvgIpc) is 2.17. The van der Waals surface area contributed by atoms with E-state index < -0.39 is 0 Å². The number of hydrogen-bond donors (Lipinski definition) is 1. The molecule has 1 heterocycles. The molecule has 1 unspecified atom stereocenters. The third-order valence-corrected chi connectivity index (χ3v) is 2.20. The zero-order chi connectivity index (χ0) is 12.1. The van der Waals surface area contributed by atoms with Crippen molar-refractivity contribution in [3.05, 3.63) is 30.1 Å². The summed E-state index contributed by atoms with van der Waals surface area (Å²) in [6, 6.07) is 3.62. The minimum absolute atomic E-state index is 0.00741. The van der Waals surface area contributed by atoms with Crippen LogP contribution in [0, 0.1) is 0 Å². The maximum atomic E-state index is 12.0. The van der Waals surface area contributed by atoms with Crippen molar-refractivity contribution in [1.82, 2.24) is 15.2 Å². The van der Waals surface area contributed by atoms with E-state index in [1.807, 2.05) is 45.0 Å². The fraction of sp³-hybridized carbons (Fsp3) is 0.500. The molecule has 0 radical (unpaired) electrons. The minimum atomic E-state index is -0.281. The maximum absolute atomic E-state index is 12.0. The Morgan fingerprint density at radius 2 is 2.12 bits per heavy atom. The second kappa shape index (κ2) is 5.61. The lowest BCUT2D eigenvalue weighted by atomic mass is 10.1. The van der Waals surface area contributed by atoms with Crippen LogP contribution in [0.2, 0.25) is 0 Å². The van der Waals surface area contributed by atoms with E-state index in [-0.39, 0.29) is 18.0 Å². The first-order chi connectivity index (χ1) is 7.52. The molecule has 0 aromatic carbocycles. The molecule has 1 aromatic heterocycles. The molecule has 4 heteroatoms. The van der Waals surface area contributed by atoms with Crippen molar-refractivity contribution in [3.63, 3.8) is 0 Å². The Balaban J connectivity index is 2.88. The lowest BCUT2D eigenvalue weighted by Crippen LogP contribution is -2.40. The van der Waals surface area contributed by atoms with E-state index >= 15 is 0 Å². The Morgan fingerprint density at radius 3 is 2.56 bits per heavy atom. The fourth-order valence-corrected chi connectivity index (χ4v) is 1.59. The minimum Gasteiger partial charge on any atom is -0.352 e. The number of pyridine rings is 1. The van der Waals surface area contributed by atoms with Crippen molar-refractivity contribution in [2.24, 2.45) is 0 Å². The summed E-state index contributed by atoms with van der Waals surface area (Å²) in [5.41, 5.74) is 0.908. The fourth-order valence-electron chi connectivity index (χ4n) is 1.59. The van der Waals surface area contributed by atoms with Crippen LogP contribution >= 0.6 is 0 Å². The number of aromatic nitrogens is 1. The zero-order valence-corrected chi connectivity index (χ0v) is 10.3. The maximum Gasteiger partial charge on any atom is 0.242 e. The number of nitrogens with one attached hydrogen (secondary N) is 1. The van der Waals surface area contributed by atoms with Crippen LogP contribution in [0.1, 0.15) is 25.5 Å². The first-order valence-electron chi connectivity index (χ1n) is 5.39. The molecule has 1 atom stereocenters. The first kappa shape index (κ1) is 12.6. The SMILES string of the molecule is CC(C)NC(=O)C(c1cccnc1)N(C)C. The number of rotatable bonds is 4. The molecule has 0 saturated carbocycles. The number of nitrogens with zero attached hydrogens (tertiary/aromatic N) is 2. The molecule has 0 aliphatic heterocycles. The second-order valence-electron chi connectivity index (χ2n) is 4.32. The molecule has 1 N–H and O–H groups in total. The van der Waals surface area contributed by atoms with Crippen LogP contribution in [-0.4, -0.2) is 35.9 Å². The van der Waals surface area contributed by atoms with Crippen LogP contribution in [0.15, 0.2) is 24.5 Å². The summed E-state index contributed by atoms with van der Waals surface area (Å²) < 4.78 is 0. The third-order valence-electron chi connectivity index (χ3n) is 2.20. The van der Waals surface area contributed by atoms with Crippen LogP contribution in [0.25, 0.3) is 0 Å². The quantitative estimate of drug-likeness (QED) is 0.831. The molecule has 88 valence electrons. The molecule has 1 aromatic rings. The second-order valence-corrected chi connectivity index (χ2v) is 4.32. The first-order valence-corrected chi connectivity index (χ1v) is 5.39. The molecule has 16 heavy (non-hydrogen) atoms. The molecule has 0 fully saturated rings. The predicted molar refractivity (Wildman–Crippen MR) is 63.9 cm³/mol.